The Morgan fingerprint density at radius 1 is 0.821 bits per heavy atom. The summed E-state index contributed by atoms with van der Waals surface area (Å²) in [6.07, 6.45) is 0.565. The van der Waals surface area contributed by atoms with Gasteiger partial charge in [-0.25, -0.2) is 4.79 Å². The lowest BCUT2D eigenvalue weighted by atomic mass is 10.0. The lowest BCUT2D eigenvalue weighted by Gasteiger charge is -2.23. The lowest BCUT2D eigenvalue weighted by Crippen LogP contribution is -2.55. The number of carbonyl (C=O) groups excluding carboxylic acids is 4. The lowest BCUT2D eigenvalue weighted by molar-refractivity contribution is -0.140. The van der Waals surface area contributed by atoms with Gasteiger partial charge in [0.15, 0.2) is 0 Å². The molecule has 0 aliphatic rings. The molecular formula is C28H37IN4O6. The zero-order chi connectivity index (χ0) is 28.9. The van der Waals surface area contributed by atoms with E-state index < -0.39 is 35.7 Å². The van der Waals surface area contributed by atoms with Gasteiger partial charge in [0.05, 0.1) is 20.3 Å². The molecule has 0 saturated heterocycles. The molecule has 39 heavy (non-hydrogen) atoms. The minimum absolute atomic E-state index is 0.0702. The van der Waals surface area contributed by atoms with Crippen molar-refractivity contribution in [3.63, 3.8) is 0 Å². The third kappa shape index (κ3) is 10.7. The van der Waals surface area contributed by atoms with Crippen molar-refractivity contribution in [3.05, 3.63) is 57.2 Å². The van der Waals surface area contributed by atoms with Crippen LogP contribution in [0.25, 0.3) is 0 Å². The molecule has 11 heteroatoms. The fourth-order valence-corrected chi connectivity index (χ4v) is 4.08. The number of hydrogen-bond donors (Lipinski definition) is 4. The normalized spacial score (nSPS) is 12.2. The first kappa shape index (κ1) is 31.9. The van der Waals surface area contributed by atoms with Crippen LogP contribution in [0.4, 0.5) is 4.79 Å². The molecule has 0 aliphatic heterocycles. The van der Waals surface area contributed by atoms with Crippen molar-refractivity contribution in [3.8, 4) is 11.5 Å². The summed E-state index contributed by atoms with van der Waals surface area (Å²) in [5, 5.41) is 10.7. The van der Waals surface area contributed by atoms with Gasteiger partial charge in [-0.15, -0.1) is 0 Å². The highest BCUT2D eigenvalue weighted by Gasteiger charge is 2.29. The summed E-state index contributed by atoms with van der Waals surface area (Å²) in [4.78, 5) is 51.1. The number of methoxy groups -OCH3 is 2. The Hall–Kier alpha value is -3.35. The molecule has 2 aromatic carbocycles. The average molecular weight is 653 g/mol. The van der Waals surface area contributed by atoms with Gasteiger partial charge >= 0.3 is 6.03 Å². The van der Waals surface area contributed by atoms with Crippen molar-refractivity contribution >= 4 is 46.2 Å². The van der Waals surface area contributed by atoms with Crippen LogP contribution in [0.2, 0.25) is 0 Å². The number of ketones is 1. The van der Waals surface area contributed by atoms with Gasteiger partial charge in [0.25, 0.3) is 5.91 Å². The fraction of sp³-hybridized carbons (Fsp3) is 0.429. The van der Waals surface area contributed by atoms with E-state index in [0.717, 1.165) is 9.13 Å². The second-order valence-electron chi connectivity index (χ2n) is 9.37. The zero-order valence-corrected chi connectivity index (χ0v) is 25.1. The number of rotatable bonds is 14. The number of halogens is 1. The quantitative estimate of drug-likeness (QED) is 0.183. The highest BCUT2D eigenvalue weighted by atomic mass is 127. The van der Waals surface area contributed by atoms with Crippen molar-refractivity contribution in [2.75, 3.05) is 14.2 Å². The molecule has 4 amide bonds. The first-order valence-corrected chi connectivity index (χ1v) is 13.8. The van der Waals surface area contributed by atoms with Crippen LogP contribution in [-0.2, 0) is 27.5 Å². The van der Waals surface area contributed by atoms with Gasteiger partial charge in [0, 0.05) is 22.7 Å². The van der Waals surface area contributed by atoms with Crippen molar-refractivity contribution in [1.82, 2.24) is 21.3 Å². The molecule has 2 atom stereocenters. The summed E-state index contributed by atoms with van der Waals surface area (Å²) in [6, 6.07) is 10.4. The standard InChI is InChI=1S/C28H37IN4O6/c1-6-23(25(34)27(36)30-16-19-12-21(38-4)14-22(13-19)39-5)32-26(35)24(11-17(2)3)33-28(37)31-15-18-7-9-20(29)10-8-18/h7-10,12-14,17,23-24H,6,11,15-16H2,1-5H3,(H,30,36)(H,32,35)(H2,31,33,37)/t23?,24-/m0/s1. The Kier molecular flexibility index (Phi) is 13.0. The second-order valence-corrected chi connectivity index (χ2v) is 10.6. The van der Waals surface area contributed by atoms with E-state index in [2.05, 4.69) is 43.9 Å². The highest BCUT2D eigenvalue weighted by molar-refractivity contribution is 14.1. The van der Waals surface area contributed by atoms with Crippen molar-refractivity contribution in [2.24, 2.45) is 5.92 Å². The third-order valence-electron chi connectivity index (χ3n) is 5.82. The van der Waals surface area contributed by atoms with Crippen LogP contribution in [0.3, 0.4) is 0 Å². The van der Waals surface area contributed by atoms with Crippen molar-refractivity contribution in [1.29, 1.82) is 0 Å². The van der Waals surface area contributed by atoms with Gasteiger partial charge in [0.1, 0.15) is 17.5 Å². The third-order valence-corrected chi connectivity index (χ3v) is 6.54. The maximum Gasteiger partial charge on any atom is 0.315 e. The van der Waals surface area contributed by atoms with Crippen LogP contribution in [0.15, 0.2) is 42.5 Å². The van der Waals surface area contributed by atoms with E-state index in [1.807, 2.05) is 38.1 Å². The van der Waals surface area contributed by atoms with Crippen molar-refractivity contribution in [2.45, 2.75) is 58.8 Å². The molecule has 0 heterocycles. The summed E-state index contributed by atoms with van der Waals surface area (Å²) in [5.74, 6) is -0.931. The van der Waals surface area contributed by atoms with Crippen LogP contribution >= 0.6 is 22.6 Å². The first-order valence-electron chi connectivity index (χ1n) is 12.7. The molecule has 0 saturated carbocycles. The number of ether oxygens (including phenoxy) is 2. The van der Waals surface area contributed by atoms with Crippen LogP contribution in [0, 0.1) is 9.49 Å². The molecule has 10 nitrogen and oxygen atoms in total. The number of hydrogen-bond acceptors (Lipinski definition) is 6. The molecule has 2 aromatic rings. The molecule has 1 unspecified atom stereocenters. The van der Waals surface area contributed by atoms with Gasteiger partial charge in [-0.3, -0.25) is 14.4 Å². The first-order chi connectivity index (χ1) is 18.6. The van der Waals surface area contributed by atoms with E-state index in [0.29, 0.717) is 30.0 Å². The van der Waals surface area contributed by atoms with Crippen LogP contribution in [0.5, 0.6) is 11.5 Å². The number of Topliss-reactive ketones (excluding diaryl/α,β-unsaturated/α-hetero) is 1. The summed E-state index contributed by atoms with van der Waals surface area (Å²) in [7, 11) is 3.04. The fourth-order valence-electron chi connectivity index (χ4n) is 3.72. The van der Waals surface area contributed by atoms with Gasteiger partial charge in [0.2, 0.25) is 11.7 Å². The molecule has 0 radical (unpaired) electrons. The Morgan fingerprint density at radius 2 is 1.41 bits per heavy atom. The maximum absolute atomic E-state index is 13.1. The molecule has 0 spiro atoms. The largest absolute Gasteiger partial charge is 0.497 e. The summed E-state index contributed by atoms with van der Waals surface area (Å²) in [6.45, 7) is 5.92. The minimum atomic E-state index is -1.04. The Balaban J connectivity index is 1.97. The van der Waals surface area contributed by atoms with E-state index in [4.69, 9.17) is 9.47 Å². The Labute approximate surface area is 243 Å². The van der Waals surface area contributed by atoms with Crippen LogP contribution < -0.4 is 30.7 Å². The van der Waals surface area contributed by atoms with Crippen LogP contribution in [-0.4, -0.2) is 49.9 Å². The molecular weight excluding hydrogens is 615 g/mol. The van der Waals surface area contributed by atoms with E-state index in [1.165, 1.54) is 14.2 Å². The summed E-state index contributed by atoms with van der Waals surface area (Å²) >= 11 is 2.20. The average Bonchev–Trinajstić information content (AvgIpc) is 2.92. The smallest absolute Gasteiger partial charge is 0.315 e. The zero-order valence-electron chi connectivity index (χ0n) is 22.9. The topological polar surface area (TPSA) is 135 Å². The maximum atomic E-state index is 13.1. The predicted octanol–water partition coefficient (Wildman–Crippen LogP) is 3.30. The van der Waals surface area contributed by atoms with Gasteiger partial charge < -0.3 is 30.7 Å². The minimum Gasteiger partial charge on any atom is -0.497 e. The van der Waals surface area contributed by atoms with E-state index in [-0.39, 0.29) is 18.9 Å². The van der Waals surface area contributed by atoms with Gasteiger partial charge in [-0.2, -0.15) is 0 Å². The number of amides is 4. The van der Waals surface area contributed by atoms with Crippen LogP contribution in [0.1, 0.15) is 44.7 Å². The molecule has 0 aliphatic carbocycles. The second kappa shape index (κ2) is 15.9. The summed E-state index contributed by atoms with van der Waals surface area (Å²) < 4.78 is 11.5. The van der Waals surface area contributed by atoms with E-state index in [9.17, 15) is 19.2 Å². The monoisotopic (exact) mass is 652 g/mol. The molecule has 0 bridgehead atoms. The van der Waals surface area contributed by atoms with Gasteiger partial charge in [-0.05, 0) is 76.7 Å². The highest BCUT2D eigenvalue weighted by Crippen LogP contribution is 2.22. The Morgan fingerprint density at radius 3 is 1.95 bits per heavy atom. The number of nitrogens with one attached hydrogen (secondary N) is 4. The SMILES string of the molecule is CCC(NC(=O)[C@H](CC(C)C)NC(=O)NCc1ccc(I)cc1)C(=O)C(=O)NCc1cc(OC)cc(OC)c1. The Bertz CT molecular complexity index is 1120. The predicted molar refractivity (Wildman–Crippen MR) is 156 cm³/mol. The van der Waals surface area contributed by atoms with Gasteiger partial charge in [-0.1, -0.05) is 32.9 Å². The molecule has 0 fully saturated rings. The number of urea groups is 1. The number of benzene rings is 2. The van der Waals surface area contributed by atoms with E-state index in [1.54, 1.807) is 25.1 Å². The molecule has 0 aromatic heterocycles. The number of carbonyl (C=O) groups is 4. The summed E-state index contributed by atoms with van der Waals surface area (Å²) in [5.41, 5.74) is 1.60. The van der Waals surface area contributed by atoms with Crippen molar-refractivity contribution < 1.29 is 28.7 Å². The van der Waals surface area contributed by atoms with E-state index >= 15 is 0 Å². The molecule has 2 rings (SSSR count). The molecule has 4 N–H and O–H groups in total. The molecule has 212 valence electrons.